The highest BCUT2D eigenvalue weighted by Gasteiger charge is 2.17. The predicted octanol–water partition coefficient (Wildman–Crippen LogP) is 0.966. The van der Waals surface area contributed by atoms with Gasteiger partial charge in [-0.1, -0.05) is 0 Å². The van der Waals surface area contributed by atoms with E-state index in [9.17, 15) is 5.26 Å². The van der Waals surface area contributed by atoms with Crippen molar-refractivity contribution in [3.05, 3.63) is 30.0 Å². The Bertz CT molecular complexity index is 630. The van der Waals surface area contributed by atoms with E-state index >= 15 is 0 Å². The molecular formula is C14H17N5O2. The summed E-state index contributed by atoms with van der Waals surface area (Å²) in [6.45, 7) is 2.97. The Morgan fingerprint density at radius 1 is 1.33 bits per heavy atom. The number of anilines is 1. The van der Waals surface area contributed by atoms with E-state index in [-0.39, 0.29) is 12.3 Å². The number of aliphatic hydroxyl groups is 1. The van der Waals surface area contributed by atoms with Gasteiger partial charge in [0.1, 0.15) is 11.8 Å². The van der Waals surface area contributed by atoms with Gasteiger partial charge in [0.2, 0.25) is 5.69 Å². The van der Waals surface area contributed by atoms with Crippen LogP contribution in [0.15, 0.2) is 24.3 Å². The first-order chi connectivity index (χ1) is 10.2. The zero-order chi connectivity index (χ0) is 15.2. The number of nitrogens with zero attached hydrogens (tertiary/aromatic N) is 5. The van der Waals surface area contributed by atoms with Crippen molar-refractivity contribution in [2.75, 3.05) is 31.7 Å². The maximum Gasteiger partial charge on any atom is 0.207 e. The zero-order valence-corrected chi connectivity index (χ0v) is 12.0. The quantitative estimate of drug-likeness (QED) is 0.851. The predicted molar refractivity (Wildman–Crippen MR) is 77.6 cm³/mol. The first kappa shape index (κ1) is 14.8. The number of nitriles is 1. The molecule has 7 nitrogen and oxygen atoms in total. The molecule has 1 heterocycles. The van der Waals surface area contributed by atoms with Crippen LogP contribution in [0.4, 0.5) is 5.82 Å². The Balaban J connectivity index is 2.37. The molecule has 0 fully saturated rings. The zero-order valence-electron chi connectivity index (χ0n) is 12.0. The highest BCUT2D eigenvalue weighted by Crippen LogP contribution is 2.18. The maximum absolute atomic E-state index is 9.20. The molecule has 0 saturated heterocycles. The average molecular weight is 287 g/mol. The number of benzene rings is 1. The number of aliphatic hydroxyl groups excluding tert-OH is 1. The summed E-state index contributed by atoms with van der Waals surface area (Å²) in [6, 6.07) is 9.26. The number of rotatable bonds is 6. The van der Waals surface area contributed by atoms with Crippen molar-refractivity contribution in [3.8, 4) is 17.5 Å². The number of methoxy groups -OCH3 is 1. The molecule has 1 aromatic carbocycles. The average Bonchev–Trinajstić information content (AvgIpc) is 2.96. The van der Waals surface area contributed by atoms with E-state index in [0.29, 0.717) is 18.9 Å². The van der Waals surface area contributed by atoms with E-state index in [2.05, 4.69) is 10.2 Å². The lowest BCUT2D eigenvalue weighted by atomic mass is 10.3. The van der Waals surface area contributed by atoms with Crippen molar-refractivity contribution >= 4 is 5.82 Å². The fourth-order valence-electron chi connectivity index (χ4n) is 1.95. The van der Waals surface area contributed by atoms with Gasteiger partial charge in [0, 0.05) is 13.1 Å². The molecule has 21 heavy (non-hydrogen) atoms. The lowest BCUT2D eigenvalue weighted by molar-refractivity contribution is 0.302. The minimum absolute atomic E-state index is 0.00585. The summed E-state index contributed by atoms with van der Waals surface area (Å²) in [5.41, 5.74) is 0.972. The highest BCUT2D eigenvalue weighted by atomic mass is 16.5. The largest absolute Gasteiger partial charge is 0.497 e. The molecule has 0 aliphatic heterocycles. The van der Waals surface area contributed by atoms with Gasteiger partial charge in [0.15, 0.2) is 5.82 Å². The lowest BCUT2D eigenvalue weighted by Gasteiger charge is -2.18. The van der Waals surface area contributed by atoms with Gasteiger partial charge in [-0.3, -0.25) is 0 Å². The number of aromatic nitrogens is 3. The van der Waals surface area contributed by atoms with Crippen LogP contribution in [0.3, 0.4) is 0 Å². The smallest absolute Gasteiger partial charge is 0.207 e. The van der Waals surface area contributed by atoms with Crippen molar-refractivity contribution in [2.24, 2.45) is 0 Å². The molecule has 110 valence electrons. The molecule has 0 radical (unpaired) electrons. The highest BCUT2D eigenvalue weighted by molar-refractivity contribution is 5.50. The summed E-state index contributed by atoms with van der Waals surface area (Å²) in [6.07, 6.45) is 0. The third-order valence-corrected chi connectivity index (χ3v) is 3.06. The molecule has 0 spiro atoms. The number of likely N-dealkylation sites (N-methyl/N-ethyl adjacent to an activating group) is 1. The molecule has 0 aliphatic carbocycles. The molecule has 0 unspecified atom stereocenters. The Kier molecular flexibility index (Phi) is 4.74. The van der Waals surface area contributed by atoms with Gasteiger partial charge in [0.25, 0.3) is 0 Å². The minimum atomic E-state index is -0.00585. The fourth-order valence-corrected chi connectivity index (χ4v) is 1.95. The van der Waals surface area contributed by atoms with Gasteiger partial charge < -0.3 is 14.7 Å². The van der Waals surface area contributed by atoms with Crippen molar-refractivity contribution in [1.29, 1.82) is 5.26 Å². The van der Waals surface area contributed by atoms with Crippen molar-refractivity contribution < 1.29 is 9.84 Å². The van der Waals surface area contributed by atoms with Gasteiger partial charge in [0.05, 0.1) is 19.4 Å². The number of hydrogen-bond acceptors (Lipinski definition) is 6. The van der Waals surface area contributed by atoms with E-state index in [1.54, 1.807) is 19.2 Å². The van der Waals surface area contributed by atoms with Crippen LogP contribution in [0.2, 0.25) is 0 Å². The molecule has 1 aromatic heterocycles. The molecule has 7 heteroatoms. The van der Waals surface area contributed by atoms with Crippen molar-refractivity contribution in [1.82, 2.24) is 15.0 Å². The maximum atomic E-state index is 9.20. The standard InChI is InChI=1S/C14H17N5O2/c1-3-18(8-9-20)14-13(10-15)16-19(17-14)11-4-6-12(21-2)7-5-11/h4-7,20H,3,8-9H2,1-2H3. The summed E-state index contributed by atoms with van der Waals surface area (Å²) in [4.78, 5) is 3.22. The molecule has 0 atom stereocenters. The van der Waals surface area contributed by atoms with Gasteiger partial charge in [-0.2, -0.15) is 5.26 Å². The van der Waals surface area contributed by atoms with Gasteiger partial charge >= 0.3 is 0 Å². The molecule has 0 saturated carbocycles. The third-order valence-electron chi connectivity index (χ3n) is 3.06. The van der Waals surface area contributed by atoms with E-state index in [1.165, 1.54) is 4.80 Å². The third kappa shape index (κ3) is 3.12. The summed E-state index contributed by atoms with van der Waals surface area (Å²) in [5.74, 6) is 1.21. The van der Waals surface area contributed by atoms with Crippen molar-refractivity contribution in [3.63, 3.8) is 0 Å². The topological polar surface area (TPSA) is 87.2 Å². The number of hydrogen-bond donors (Lipinski definition) is 1. The van der Waals surface area contributed by atoms with Gasteiger partial charge in [-0.05, 0) is 31.2 Å². The Labute approximate surface area is 123 Å². The van der Waals surface area contributed by atoms with Gasteiger partial charge in [-0.15, -0.1) is 15.0 Å². The van der Waals surface area contributed by atoms with Crippen LogP contribution in [0.25, 0.3) is 5.69 Å². The van der Waals surface area contributed by atoms with Gasteiger partial charge in [-0.25, -0.2) is 0 Å². The summed E-state index contributed by atoms with van der Waals surface area (Å²) < 4.78 is 5.10. The van der Waals surface area contributed by atoms with E-state index in [0.717, 1.165) is 11.4 Å². The van der Waals surface area contributed by atoms with Crippen molar-refractivity contribution in [2.45, 2.75) is 6.92 Å². The summed E-state index contributed by atoms with van der Waals surface area (Å²) in [5, 5.41) is 26.8. The van der Waals surface area contributed by atoms with E-state index in [4.69, 9.17) is 9.84 Å². The molecular weight excluding hydrogens is 270 g/mol. The first-order valence-corrected chi connectivity index (χ1v) is 6.61. The Morgan fingerprint density at radius 2 is 2.05 bits per heavy atom. The molecule has 2 aromatic rings. The monoisotopic (exact) mass is 287 g/mol. The second-order valence-corrected chi connectivity index (χ2v) is 4.27. The van der Waals surface area contributed by atoms with Crippen LogP contribution in [-0.2, 0) is 0 Å². The van der Waals surface area contributed by atoms with Crippen LogP contribution in [0.5, 0.6) is 5.75 Å². The fraction of sp³-hybridized carbons (Fsp3) is 0.357. The van der Waals surface area contributed by atoms with Crippen LogP contribution < -0.4 is 9.64 Å². The Hall–Kier alpha value is -2.59. The van der Waals surface area contributed by atoms with Crippen LogP contribution in [0.1, 0.15) is 12.6 Å². The summed E-state index contributed by atoms with van der Waals surface area (Å²) in [7, 11) is 1.60. The second-order valence-electron chi connectivity index (χ2n) is 4.27. The lowest BCUT2D eigenvalue weighted by Crippen LogP contribution is -2.27. The SMILES string of the molecule is CCN(CCO)c1nn(-c2ccc(OC)cc2)nc1C#N. The normalized spacial score (nSPS) is 10.2. The molecule has 0 bridgehead atoms. The van der Waals surface area contributed by atoms with E-state index < -0.39 is 0 Å². The number of ether oxygens (including phenoxy) is 1. The Morgan fingerprint density at radius 3 is 2.57 bits per heavy atom. The molecule has 0 amide bonds. The van der Waals surface area contributed by atoms with E-state index in [1.807, 2.05) is 30.0 Å². The molecule has 1 N–H and O–H groups in total. The van der Waals surface area contributed by atoms with Crippen LogP contribution in [-0.4, -0.2) is 46.9 Å². The van der Waals surface area contributed by atoms with Crippen LogP contribution in [0, 0.1) is 11.3 Å². The molecule has 0 aliphatic rings. The minimum Gasteiger partial charge on any atom is -0.497 e. The summed E-state index contributed by atoms with van der Waals surface area (Å²) >= 11 is 0. The first-order valence-electron chi connectivity index (χ1n) is 6.61. The van der Waals surface area contributed by atoms with Crippen LogP contribution >= 0.6 is 0 Å². The second kappa shape index (κ2) is 6.72. The molecule has 2 rings (SSSR count).